The topological polar surface area (TPSA) is 12.0 Å². The summed E-state index contributed by atoms with van der Waals surface area (Å²) in [5.74, 6) is 0. The van der Waals surface area contributed by atoms with Gasteiger partial charge in [0, 0.05) is 15.6 Å². The van der Waals surface area contributed by atoms with E-state index in [4.69, 9.17) is 0 Å². The van der Waals surface area contributed by atoms with Gasteiger partial charge in [-0.05, 0) is 44.8 Å². The highest BCUT2D eigenvalue weighted by Gasteiger charge is 2.12. The predicted molar refractivity (Wildman–Crippen MR) is 68.8 cm³/mol. The van der Waals surface area contributed by atoms with Crippen molar-refractivity contribution in [1.82, 2.24) is 5.32 Å². The lowest BCUT2D eigenvalue weighted by atomic mass is 10.1. The van der Waals surface area contributed by atoms with Gasteiger partial charge in [-0.1, -0.05) is 17.7 Å². The standard InChI is InChI=1S/C13H17NS/c1-8-5-6-12-11(7-8)9(2)13(15-12)10(3)14-4/h5-7,10,14H,1-4H3. The van der Waals surface area contributed by atoms with Crippen molar-refractivity contribution in [3.05, 3.63) is 34.2 Å². The molecule has 0 spiro atoms. The largest absolute Gasteiger partial charge is 0.313 e. The molecule has 0 amide bonds. The molecule has 1 atom stereocenters. The summed E-state index contributed by atoms with van der Waals surface area (Å²) < 4.78 is 1.40. The molecule has 0 radical (unpaired) electrons. The van der Waals surface area contributed by atoms with Crippen molar-refractivity contribution in [2.45, 2.75) is 26.8 Å². The Balaban J connectivity index is 2.64. The van der Waals surface area contributed by atoms with Crippen molar-refractivity contribution in [1.29, 1.82) is 0 Å². The molecule has 1 heterocycles. The lowest BCUT2D eigenvalue weighted by molar-refractivity contribution is 0.661. The first-order chi connectivity index (χ1) is 7.13. The Morgan fingerprint density at radius 1 is 1.27 bits per heavy atom. The SMILES string of the molecule is CNC(C)c1sc2ccc(C)cc2c1C. The molecule has 1 nitrogen and oxygen atoms in total. The number of fused-ring (bicyclic) bond motifs is 1. The lowest BCUT2D eigenvalue weighted by Crippen LogP contribution is -2.11. The Morgan fingerprint density at radius 2 is 2.00 bits per heavy atom. The van der Waals surface area contributed by atoms with Gasteiger partial charge >= 0.3 is 0 Å². The van der Waals surface area contributed by atoms with E-state index in [0.29, 0.717) is 6.04 Å². The van der Waals surface area contributed by atoms with Crippen molar-refractivity contribution >= 4 is 21.4 Å². The fourth-order valence-corrected chi connectivity index (χ4v) is 3.15. The van der Waals surface area contributed by atoms with E-state index in [1.807, 2.05) is 18.4 Å². The van der Waals surface area contributed by atoms with Crippen molar-refractivity contribution in [2.24, 2.45) is 0 Å². The first-order valence-corrected chi connectivity index (χ1v) is 6.12. The van der Waals surface area contributed by atoms with Gasteiger partial charge in [0.2, 0.25) is 0 Å². The van der Waals surface area contributed by atoms with E-state index in [0.717, 1.165) is 0 Å². The number of nitrogens with one attached hydrogen (secondary N) is 1. The van der Waals surface area contributed by atoms with Gasteiger partial charge in [-0.2, -0.15) is 0 Å². The van der Waals surface area contributed by atoms with E-state index in [2.05, 4.69) is 44.3 Å². The molecule has 2 rings (SSSR count). The molecular weight excluding hydrogens is 202 g/mol. The summed E-state index contributed by atoms with van der Waals surface area (Å²) in [5.41, 5.74) is 2.77. The van der Waals surface area contributed by atoms with Gasteiger partial charge in [-0.3, -0.25) is 0 Å². The van der Waals surface area contributed by atoms with E-state index in [1.165, 1.54) is 26.1 Å². The van der Waals surface area contributed by atoms with E-state index < -0.39 is 0 Å². The van der Waals surface area contributed by atoms with Gasteiger partial charge in [0.15, 0.2) is 0 Å². The van der Waals surface area contributed by atoms with Gasteiger partial charge < -0.3 is 5.32 Å². The number of rotatable bonds is 2. The van der Waals surface area contributed by atoms with Gasteiger partial charge in [0.1, 0.15) is 0 Å². The second-order valence-corrected chi connectivity index (χ2v) is 5.19. The summed E-state index contributed by atoms with van der Waals surface area (Å²) in [6, 6.07) is 7.15. The molecule has 1 N–H and O–H groups in total. The number of hydrogen-bond donors (Lipinski definition) is 1. The third-order valence-electron chi connectivity index (χ3n) is 2.95. The number of thiophene rings is 1. The lowest BCUT2D eigenvalue weighted by Gasteiger charge is -2.08. The zero-order valence-electron chi connectivity index (χ0n) is 9.72. The minimum absolute atomic E-state index is 0.447. The molecule has 0 aliphatic rings. The Labute approximate surface area is 95.1 Å². The zero-order valence-corrected chi connectivity index (χ0v) is 10.5. The molecule has 15 heavy (non-hydrogen) atoms. The maximum Gasteiger partial charge on any atom is 0.0386 e. The summed E-state index contributed by atoms with van der Waals surface area (Å²) >= 11 is 1.90. The molecule has 80 valence electrons. The van der Waals surface area contributed by atoms with Crippen LogP contribution in [0.2, 0.25) is 0 Å². The molecule has 0 saturated heterocycles. The monoisotopic (exact) mass is 219 g/mol. The number of aryl methyl sites for hydroxylation is 2. The molecule has 0 fully saturated rings. The third kappa shape index (κ3) is 1.80. The van der Waals surface area contributed by atoms with Crippen molar-refractivity contribution in [2.75, 3.05) is 7.05 Å². The molecule has 0 aliphatic carbocycles. The third-order valence-corrected chi connectivity index (χ3v) is 4.41. The van der Waals surface area contributed by atoms with E-state index in [1.54, 1.807) is 0 Å². The molecule has 0 bridgehead atoms. The smallest absolute Gasteiger partial charge is 0.0386 e. The summed E-state index contributed by atoms with van der Waals surface area (Å²) in [7, 11) is 2.01. The second-order valence-electron chi connectivity index (χ2n) is 4.10. The average Bonchev–Trinajstić information content (AvgIpc) is 2.55. The van der Waals surface area contributed by atoms with Crippen molar-refractivity contribution in [3.8, 4) is 0 Å². The van der Waals surface area contributed by atoms with Crippen LogP contribution in [-0.4, -0.2) is 7.05 Å². The highest BCUT2D eigenvalue weighted by molar-refractivity contribution is 7.19. The van der Waals surface area contributed by atoms with Crippen LogP contribution in [0, 0.1) is 13.8 Å². The quantitative estimate of drug-likeness (QED) is 0.810. The second kappa shape index (κ2) is 3.95. The fraction of sp³-hybridized carbons (Fsp3) is 0.385. The Bertz CT molecular complexity index is 484. The van der Waals surface area contributed by atoms with Crippen LogP contribution < -0.4 is 5.32 Å². The van der Waals surface area contributed by atoms with Crippen LogP contribution in [0.5, 0.6) is 0 Å². The van der Waals surface area contributed by atoms with Crippen LogP contribution in [0.25, 0.3) is 10.1 Å². The van der Waals surface area contributed by atoms with Gasteiger partial charge in [-0.25, -0.2) is 0 Å². The van der Waals surface area contributed by atoms with Gasteiger partial charge in [-0.15, -0.1) is 11.3 Å². The Hall–Kier alpha value is -0.860. The van der Waals surface area contributed by atoms with E-state index in [9.17, 15) is 0 Å². The van der Waals surface area contributed by atoms with E-state index in [-0.39, 0.29) is 0 Å². The summed E-state index contributed by atoms with van der Waals surface area (Å²) in [4.78, 5) is 1.46. The highest BCUT2D eigenvalue weighted by Crippen LogP contribution is 2.34. The molecule has 1 aromatic carbocycles. The summed E-state index contributed by atoms with van der Waals surface area (Å²) in [6.45, 7) is 6.59. The predicted octanol–water partition coefficient (Wildman–Crippen LogP) is 3.80. The van der Waals surface area contributed by atoms with Crippen molar-refractivity contribution < 1.29 is 0 Å². The molecule has 1 unspecified atom stereocenters. The van der Waals surface area contributed by atoms with Gasteiger partial charge in [0.05, 0.1) is 0 Å². The number of benzene rings is 1. The fourth-order valence-electron chi connectivity index (χ4n) is 1.90. The summed E-state index contributed by atoms with van der Waals surface area (Å²) in [5, 5.41) is 4.72. The Kier molecular flexibility index (Phi) is 2.81. The highest BCUT2D eigenvalue weighted by atomic mass is 32.1. The Morgan fingerprint density at radius 3 is 2.67 bits per heavy atom. The maximum absolute atomic E-state index is 3.31. The van der Waals surface area contributed by atoms with Crippen LogP contribution >= 0.6 is 11.3 Å². The maximum atomic E-state index is 3.31. The van der Waals surface area contributed by atoms with Crippen LogP contribution in [0.4, 0.5) is 0 Å². The van der Waals surface area contributed by atoms with E-state index >= 15 is 0 Å². The molecule has 2 heteroatoms. The van der Waals surface area contributed by atoms with Crippen LogP contribution in [0.1, 0.15) is 29.0 Å². The first-order valence-electron chi connectivity index (χ1n) is 5.30. The van der Waals surface area contributed by atoms with Crippen LogP contribution in [0.15, 0.2) is 18.2 Å². The normalized spacial score (nSPS) is 13.3. The van der Waals surface area contributed by atoms with Crippen LogP contribution in [-0.2, 0) is 0 Å². The molecule has 2 aromatic rings. The molecule has 0 saturated carbocycles. The zero-order chi connectivity index (χ0) is 11.0. The van der Waals surface area contributed by atoms with Crippen molar-refractivity contribution in [3.63, 3.8) is 0 Å². The van der Waals surface area contributed by atoms with Crippen LogP contribution in [0.3, 0.4) is 0 Å². The van der Waals surface area contributed by atoms with Gasteiger partial charge in [0.25, 0.3) is 0 Å². The molecular formula is C13H17NS. The first kappa shape index (κ1) is 10.7. The molecule has 1 aromatic heterocycles. The summed E-state index contributed by atoms with van der Waals surface area (Å²) in [6.07, 6.45) is 0. The average molecular weight is 219 g/mol. The minimum atomic E-state index is 0.447. The number of hydrogen-bond acceptors (Lipinski definition) is 2. The molecule has 0 aliphatic heterocycles. The minimum Gasteiger partial charge on any atom is -0.313 e.